The van der Waals surface area contributed by atoms with Gasteiger partial charge in [0.15, 0.2) is 5.16 Å². The van der Waals surface area contributed by atoms with Crippen LogP contribution in [0.1, 0.15) is 37.1 Å². The molecule has 168 valence electrons. The highest BCUT2D eigenvalue weighted by Gasteiger charge is 2.27. The highest BCUT2D eigenvalue weighted by Crippen LogP contribution is 2.35. The third kappa shape index (κ3) is 4.11. The zero-order chi connectivity index (χ0) is 22.2. The number of para-hydroxylation sites is 1. The second-order valence-electron chi connectivity index (χ2n) is 8.61. The number of thioether (sulfide) groups is 1. The van der Waals surface area contributed by atoms with E-state index in [9.17, 15) is 9.59 Å². The lowest BCUT2D eigenvalue weighted by atomic mass is 9.97. The fourth-order valence-corrected chi connectivity index (χ4v) is 6.90. The molecule has 32 heavy (non-hydrogen) atoms. The summed E-state index contributed by atoms with van der Waals surface area (Å²) in [6.45, 7) is 5.17. The Balaban J connectivity index is 1.52. The zero-order valence-corrected chi connectivity index (χ0v) is 20.0. The minimum absolute atomic E-state index is 0.0239. The number of nitrogens with zero attached hydrogens (tertiary/aromatic N) is 3. The molecule has 3 heterocycles. The summed E-state index contributed by atoms with van der Waals surface area (Å²) in [5, 5.41) is 1.34. The van der Waals surface area contributed by atoms with Crippen molar-refractivity contribution < 1.29 is 9.53 Å². The van der Waals surface area contributed by atoms with Crippen LogP contribution in [0.15, 0.2) is 40.3 Å². The molecule has 0 spiro atoms. The maximum Gasteiger partial charge on any atom is 0.267 e. The van der Waals surface area contributed by atoms with Gasteiger partial charge >= 0.3 is 0 Å². The van der Waals surface area contributed by atoms with Gasteiger partial charge in [0.2, 0.25) is 5.91 Å². The predicted molar refractivity (Wildman–Crippen MR) is 129 cm³/mol. The van der Waals surface area contributed by atoms with Crippen LogP contribution >= 0.6 is 23.1 Å². The molecular formula is C24H27N3O3S2. The first kappa shape index (κ1) is 21.7. The minimum atomic E-state index is -0.0239. The van der Waals surface area contributed by atoms with Crippen LogP contribution in [0.4, 0.5) is 0 Å². The Morgan fingerprint density at radius 2 is 1.88 bits per heavy atom. The summed E-state index contributed by atoms with van der Waals surface area (Å²) in [6, 6.07) is 9.62. The maximum absolute atomic E-state index is 13.7. The molecule has 8 heteroatoms. The van der Waals surface area contributed by atoms with Gasteiger partial charge in [0, 0.05) is 18.0 Å². The molecule has 2 atom stereocenters. The van der Waals surface area contributed by atoms with E-state index < -0.39 is 0 Å². The Morgan fingerprint density at radius 1 is 1.16 bits per heavy atom. The molecule has 0 saturated carbocycles. The van der Waals surface area contributed by atoms with Gasteiger partial charge in [-0.3, -0.25) is 14.2 Å². The fourth-order valence-electron chi connectivity index (χ4n) is 4.69. The summed E-state index contributed by atoms with van der Waals surface area (Å²) in [6.07, 6.45) is 4.31. The number of carbonyl (C=O) groups is 1. The maximum atomic E-state index is 13.7. The Hall–Kier alpha value is -2.16. The molecule has 1 saturated heterocycles. The molecule has 0 radical (unpaired) electrons. The smallest absolute Gasteiger partial charge is 0.267 e. The summed E-state index contributed by atoms with van der Waals surface area (Å²) in [5.41, 5.74) is 1.94. The molecule has 0 N–H and O–H groups in total. The van der Waals surface area contributed by atoms with Crippen LogP contribution < -0.4 is 5.56 Å². The molecule has 1 amide bonds. The Bertz CT molecular complexity index is 1190. The highest BCUT2D eigenvalue weighted by atomic mass is 32.2. The predicted octanol–water partition coefficient (Wildman–Crippen LogP) is 4.05. The Kier molecular flexibility index (Phi) is 6.09. The van der Waals surface area contributed by atoms with Gasteiger partial charge in [-0.05, 0) is 57.2 Å². The van der Waals surface area contributed by atoms with E-state index in [2.05, 4.69) is 0 Å². The van der Waals surface area contributed by atoms with Gasteiger partial charge in [0.25, 0.3) is 5.56 Å². The highest BCUT2D eigenvalue weighted by molar-refractivity contribution is 7.99. The molecule has 1 aromatic carbocycles. The van der Waals surface area contributed by atoms with E-state index in [-0.39, 0.29) is 29.4 Å². The number of morpholine rings is 1. The van der Waals surface area contributed by atoms with Crippen molar-refractivity contribution in [3.8, 4) is 5.69 Å². The number of amides is 1. The van der Waals surface area contributed by atoms with E-state index in [1.807, 2.05) is 49.1 Å². The van der Waals surface area contributed by atoms with Crippen LogP contribution in [0.25, 0.3) is 15.9 Å². The van der Waals surface area contributed by atoms with Crippen molar-refractivity contribution in [2.75, 3.05) is 18.8 Å². The molecule has 2 aromatic heterocycles. The topological polar surface area (TPSA) is 64.4 Å². The number of fused-ring (bicyclic) bond motifs is 3. The summed E-state index contributed by atoms with van der Waals surface area (Å²) >= 11 is 2.99. The second-order valence-corrected chi connectivity index (χ2v) is 10.6. The van der Waals surface area contributed by atoms with E-state index in [0.29, 0.717) is 18.2 Å². The average Bonchev–Trinajstić information content (AvgIpc) is 3.16. The van der Waals surface area contributed by atoms with Gasteiger partial charge in [-0.2, -0.15) is 0 Å². The lowest BCUT2D eigenvalue weighted by Crippen LogP contribution is -2.48. The van der Waals surface area contributed by atoms with Gasteiger partial charge in [0.05, 0.1) is 29.0 Å². The molecular weight excluding hydrogens is 442 g/mol. The zero-order valence-electron chi connectivity index (χ0n) is 18.4. The first-order valence-electron chi connectivity index (χ1n) is 11.2. The van der Waals surface area contributed by atoms with Gasteiger partial charge in [-0.25, -0.2) is 4.98 Å². The van der Waals surface area contributed by atoms with Crippen LogP contribution in [-0.4, -0.2) is 51.4 Å². The van der Waals surface area contributed by atoms with Crippen LogP contribution in [0.2, 0.25) is 0 Å². The summed E-state index contributed by atoms with van der Waals surface area (Å²) in [4.78, 5) is 35.5. The summed E-state index contributed by atoms with van der Waals surface area (Å²) < 4.78 is 7.44. The lowest BCUT2D eigenvalue weighted by Gasteiger charge is -2.35. The SMILES string of the molecule is CC1CN(C(=O)CSc2nc3sc4c(c3c(=O)n2-c2ccccc2)CCCC4)CC(C)O1. The monoisotopic (exact) mass is 469 g/mol. The number of benzene rings is 1. The molecule has 1 fully saturated rings. The van der Waals surface area contributed by atoms with Crippen LogP contribution in [0.5, 0.6) is 0 Å². The van der Waals surface area contributed by atoms with E-state index >= 15 is 0 Å². The van der Waals surface area contributed by atoms with E-state index in [0.717, 1.165) is 35.2 Å². The Labute approximate surface area is 195 Å². The number of aryl methyl sites for hydroxylation is 2. The second kappa shape index (κ2) is 9.00. The van der Waals surface area contributed by atoms with Gasteiger partial charge in [-0.15, -0.1) is 11.3 Å². The molecule has 2 unspecified atom stereocenters. The van der Waals surface area contributed by atoms with Gasteiger partial charge < -0.3 is 9.64 Å². The third-order valence-electron chi connectivity index (χ3n) is 6.07. The van der Waals surface area contributed by atoms with Crippen LogP contribution in [0, 0.1) is 0 Å². The minimum Gasteiger partial charge on any atom is -0.372 e. The van der Waals surface area contributed by atoms with Crippen molar-refractivity contribution in [3.63, 3.8) is 0 Å². The number of rotatable bonds is 4. The largest absolute Gasteiger partial charge is 0.372 e. The fraction of sp³-hybridized carbons (Fsp3) is 0.458. The number of hydrogen-bond acceptors (Lipinski definition) is 6. The number of hydrogen-bond donors (Lipinski definition) is 0. The van der Waals surface area contributed by atoms with Crippen molar-refractivity contribution in [1.82, 2.24) is 14.5 Å². The Morgan fingerprint density at radius 3 is 2.62 bits per heavy atom. The standard InChI is InChI=1S/C24H27N3O3S2/c1-15-12-26(13-16(2)30-15)20(28)14-31-24-25-22-21(18-10-6-7-11-19(18)32-22)23(29)27(24)17-8-4-3-5-9-17/h3-5,8-9,15-16H,6-7,10-14H2,1-2H3. The van der Waals surface area contributed by atoms with Crippen molar-refractivity contribution in [2.45, 2.75) is 56.9 Å². The van der Waals surface area contributed by atoms with Crippen molar-refractivity contribution in [2.24, 2.45) is 0 Å². The van der Waals surface area contributed by atoms with Crippen molar-refractivity contribution in [1.29, 1.82) is 0 Å². The molecule has 1 aliphatic carbocycles. The van der Waals surface area contributed by atoms with Crippen molar-refractivity contribution >= 4 is 39.2 Å². The van der Waals surface area contributed by atoms with Crippen LogP contribution in [0.3, 0.4) is 0 Å². The van der Waals surface area contributed by atoms with Crippen molar-refractivity contribution in [3.05, 3.63) is 51.1 Å². The molecule has 3 aromatic rings. The van der Waals surface area contributed by atoms with E-state index in [1.54, 1.807) is 15.9 Å². The molecule has 6 nitrogen and oxygen atoms in total. The quantitative estimate of drug-likeness (QED) is 0.426. The van der Waals surface area contributed by atoms with Crippen LogP contribution in [-0.2, 0) is 22.4 Å². The number of carbonyl (C=O) groups excluding carboxylic acids is 1. The van der Waals surface area contributed by atoms with Gasteiger partial charge in [-0.1, -0.05) is 30.0 Å². The van der Waals surface area contributed by atoms with Gasteiger partial charge in [0.1, 0.15) is 4.83 Å². The number of ether oxygens (including phenoxy) is 1. The normalized spacial score (nSPS) is 21.0. The average molecular weight is 470 g/mol. The van der Waals surface area contributed by atoms with E-state index in [1.165, 1.54) is 28.6 Å². The lowest BCUT2D eigenvalue weighted by molar-refractivity contribution is -0.140. The molecule has 1 aliphatic heterocycles. The summed E-state index contributed by atoms with van der Waals surface area (Å²) in [5.74, 6) is 0.298. The molecule has 0 bridgehead atoms. The number of thiophene rings is 1. The summed E-state index contributed by atoms with van der Waals surface area (Å²) in [7, 11) is 0. The molecule has 5 rings (SSSR count). The third-order valence-corrected chi connectivity index (χ3v) is 8.18. The first-order chi connectivity index (χ1) is 15.5. The first-order valence-corrected chi connectivity index (χ1v) is 13.0. The van der Waals surface area contributed by atoms with E-state index in [4.69, 9.17) is 9.72 Å². The number of aromatic nitrogens is 2. The molecule has 2 aliphatic rings.